The topological polar surface area (TPSA) is 93.9 Å². The summed E-state index contributed by atoms with van der Waals surface area (Å²) in [6.07, 6.45) is 7.01. The lowest BCUT2D eigenvalue weighted by Gasteiger charge is -2.17. The number of nitrogens with zero attached hydrogens (tertiary/aromatic N) is 4. The molecule has 1 fully saturated rings. The first-order valence-electron chi connectivity index (χ1n) is 12.0. The first-order valence-corrected chi connectivity index (χ1v) is 12.0. The molecule has 0 radical (unpaired) electrons. The van der Waals surface area contributed by atoms with Gasteiger partial charge in [0, 0.05) is 23.4 Å². The fourth-order valence-electron chi connectivity index (χ4n) is 4.64. The van der Waals surface area contributed by atoms with E-state index < -0.39 is 5.82 Å². The number of hydrogen-bond acceptors (Lipinski definition) is 6. The number of anilines is 3. The van der Waals surface area contributed by atoms with Gasteiger partial charge in [-0.1, -0.05) is 30.3 Å². The van der Waals surface area contributed by atoms with Crippen LogP contribution in [0.4, 0.5) is 21.6 Å². The lowest BCUT2D eigenvalue weighted by molar-refractivity contribution is -0.111. The molecule has 184 valence electrons. The van der Waals surface area contributed by atoms with Gasteiger partial charge in [0.2, 0.25) is 5.91 Å². The van der Waals surface area contributed by atoms with Crippen LogP contribution in [-0.2, 0) is 4.79 Å². The van der Waals surface area contributed by atoms with Crippen LogP contribution in [-0.4, -0.2) is 40.4 Å². The number of rotatable bonds is 6. The Hall–Kier alpha value is -4.61. The van der Waals surface area contributed by atoms with Crippen molar-refractivity contribution in [2.45, 2.75) is 18.9 Å². The highest BCUT2D eigenvalue weighted by Crippen LogP contribution is 2.39. The van der Waals surface area contributed by atoms with Gasteiger partial charge in [-0.05, 0) is 68.4 Å². The Morgan fingerprint density at radius 1 is 1.14 bits per heavy atom. The van der Waals surface area contributed by atoms with Crippen LogP contribution in [0.15, 0.2) is 79.1 Å². The zero-order chi connectivity index (χ0) is 25.8. The molecule has 0 saturated carbocycles. The van der Waals surface area contributed by atoms with Gasteiger partial charge in [-0.25, -0.2) is 14.4 Å². The van der Waals surface area contributed by atoms with E-state index in [0.29, 0.717) is 39.1 Å². The number of para-hydroxylation sites is 1. The van der Waals surface area contributed by atoms with Crippen LogP contribution in [0.25, 0.3) is 22.0 Å². The molecular formula is C29H25FN6O. The van der Waals surface area contributed by atoms with Crippen molar-refractivity contribution in [3.05, 3.63) is 90.5 Å². The van der Waals surface area contributed by atoms with Gasteiger partial charge >= 0.3 is 0 Å². The molecular weight excluding hydrogens is 467 g/mol. The van der Waals surface area contributed by atoms with Gasteiger partial charge in [0.15, 0.2) is 0 Å². The van der Waals surface area contributed by atoms with Gasteiger partial charge in [0.1, 0.15) is 18.0 Å². The molecule has 1 amide bonds. The van der Waals surface area contributed by atoms with Gasteiger partial charge in [-0.3, -0.25) is 9.69 Å². The van der Waals surface area contributed by atoms with Gasteiger partial charge in [-0.2, -0.15) is 5.26 Å². The number of benzene rings is 3. The van der Waals surface area contributed by atoms with Crippen LogP contribution in [0.3, 0.4) is 0 Å². The highest BCUT2D eigenvalue weighted by atomic mass is 19.1. The molecule has 0 aliphatic carbocycles. The largest absolute Gasteiger partial charge is 0.337 e. The molecule has 7 nitrogen and oxygen atoms in total. The van der Waals surface area contributed by atoms with E-state index >= 15 is 0 Å². The predicted octanol–water partition coefficient (Wildman–Crippen LogP) is 5.64. The number of nitrogens with one attached hydrogen (secondary N) is 2. The normalized spacial score (nSPS) is 15.6. The van der Waals surface area contributed by atoms with Crippen LogP contribution in [0.2, 0.25) is 0 Å². The fourth-order valence-corrected chi connectivity index (χ4v) is 4.64. The minimum absolute atomic E-state index is 0.235. The number of nitriles is 1. The van der Waals surface area contributed by atoms with Crippen molar-refractivity contribution >= 4 is 34.0 Å². The molecule has 5 rings (SSSR count). The molecule has 1 aromatic heterocycles. The van der Waals surface area contributed by atoms with Crippen molar-refractivity contribution < 1.29 is 9.18 Å². The van der Waals surface area contributed by atoms with E-state index in [2.05, 4.69) is 31.6 Å². The number of hydrogen-bond donors (Lipinski definition) is 2. The molecule has 0 bridgehead atoms. The Morgan fingerprint density at radius 2 is 2.00 bits per heavy atom. The minimum atomic E-state index is -0.422. The smallest absolute Gasteiger partial charge is 0.248 e. The highest BCUT2D eigenvalue weighted by Gasteiger charge is 2.20. The molecule has 3 aromatic carbocycles. The first kappa shape index (κ1) is 24.1. The molecule has 1 unspecified atom stereocenters. The number of aromatic nitrogens is 2. The first-order chi connectivity index (χ1) is 18.0. The summed E-state index contributed by atoms with van der Waals surface area (Å²) in [5.41, 5.74) is 3.20. The summed E-state index contributed by atoms with van der Waals surface area (Å²) in [7, 11) is 2.05. The number of fused-ring (bicyclic) bond motifs is 1. The van der Waals surface area contributed by atoms with Crippen LogP contribution in [0, 0.1) is 17.1 Å². The molecule has 1 aliphatic rings. The van der Waals surface area contributed by atoms with Gasteiger partial charge in [0.25, 0.3) is 0 Å². The molecule has 2 heterocycles. The van der Waals surface area contributed by atoms with E-state index in [1.807, 2.05) is 19.2 Å². The molecule has 1 atom stereocenters. The number of carbonyl (C=O) groups is 1. The van der Waals surface area contributed by atoms with E-state index in [0.717, 1.165) is 19.4 Å². The van der Waals surface area contributed by atoms with Crippen LogP contribution in [0.5, 0.6) is 0 Å². The van der Waals surface area contributed by atoms with Crippen LogP contribution < -0.4 is 10.6 Å². The number of amides is 1. The average Bonchev–Trinajstić information content (AvgIpc) is 3.33. The third-order valence-electron chi connectivity index (χ3n) is 6.52. The van der Waals surface area contributed by atoms with Crippen molar-refractivity contribution in [3.8, 4) is 17.2 Å². The Labute approximate surface area is 214 Å². The van der Waals surface area contributed by atoms with Crippen LogP contribution in [0.1, 0.15) is 18.4 Å². The molecule has 37 heavy (non-hydrogen) atoms. The van der Waals surface area contributed by atoms with E-state index in [9.17, 15) is 14.4 Å². The summed E-state index contributed by atoms with van der Waals surface area (Å²) in [5.74, 6) is -0.307. The van der Waals surface area contributed by atoms with Gasteiger partial charge in [-0.15, -0.1) is 0 Å². The molecule has 1 aliphatic heterocycles. The molecule has 0 spiro atoms. The maximum absolute atomic E-state index is 14.5. The summed E-state index contributed by atoms with van der Waals surface area (Å²) in [6.45, 7) is 1.01. The lowest BCUT2D eigenvalue weighted by atomic mass is 9.97. The van der Waals surface area contributed by atoms with E-state index in [4.69, 9.17) is 0 Å². The summed E-state index contributed by atoms with van der Waals surface area (Å²) >= 11 is 0. The van der Waals surface area contributed by atoms with E-state index in [1.165, 1.54) is 12.4 Å². The highest BCUT2D eigenvalue weighted by molar-refractivity contribution is 6.11. The second-order valence-corrected chi connectivity index (χ2v) is 8.94. The monoisotopic (exact) mass is 492 g/mol. The Kier molecular flexibility index (Phi) is 6.88. The van der Waals surface area contributed by atoms with Gasteiger partial charge < -0.3 is 10.6 Å². The third kappa shape index (κ3) is 5.17. The zero-order valence-corrected chi connectivity index (χ0v) is 20.3. The number of likely N-dealkylation sites (tertiary alicyclic amines) is 1. The van der Waals surface area contributed by atoms with Crippen molar-refractivity contribution in [2.24, 2.45) is 0 Å². The standard InChI is InChI=1S/C29H25FN6O/c1-36-15-5-8-21(36)11-14-26(37)34-25-13-12-24-28(27(25)20-7-4-6-19(16-20)17-31)29(33-18-32-24)35-23-10-3-2-9-22(23)30/h2-4,6-7,9-14,16,18,21H,5,8,15H2,1H3,(H,34,37)(H,32,33,35). The molecule has 1 saturated heterocycles. The van der Waals surface area contributed by atoms with Gasteiger partial charge in [0.05, 0.1) is 28.2 Å². The van der Waals surface area contributed by atoms with Crippen LogP contribution >= 0.6 is 0 Å². The van der Waals surface area contributed by atoms with E-state index in [-0.39, 0.29) is 17.6 Å². The fraction of sp³-hybridized carbons (Fsp3) is 0.172. The summed E-state index contributed by atoms with van der Waals surface area (Å²) < 4.78 is 14.5. The molecule has 4 aromatic rings. The maximum atomic E-state index is 14.5. The van der Waals surface area contributed by atoms with Crippen molar-refractivity contribution in [3.63, 3.8) is 0 Å². The van der Waals surface area contributed by atoms with E-state index in [1.54, 1.807) is 54.6 Å². The van der Waals surface area contributed by atoms with Crippen molar-refractivity contribution in [2.75, 3.05) is 24.2 Å². The van der Waals surface area contributed by atoms with Crippen molar-refractivity contribution in [1.29, 1.82) is 5.26 Å². The third-order valence-corrected chi connectivity index (χ3v) is 6.52. The Balaban J connectivity index is 1.62. The second-order valence-electron chi connectivity index (χ2n) is 8.94. The lowest BCUT2D eigenvalue weighted by Crippen LogP contribution is -2.23. The summed E-state index contributed by atoms with van der Waals surface area (Å²) in [6, 6.07) is 19.4. The Morgan fingerprint density at radius 3 is 2.78 bits per heavy atom. The number of halogens is 1. The minimum Gasteiger partial charge on any atom is -0.337 e. The molecule has 8 heteroatoms. The molecule has 2 N–H and O–H groups in total. The number of likely N-dealkylation sites (N-methyl/N-ethyl adjacent to an activating group) is 1. The maximum Gasteiger partial charge on any atom is 0.248 e. The summed E-state index contributed by atoms with van der Waals surface area (Å²) in [4.78, 5) is 24.0. The quantitative estimate of drug-likeness (QED) is 0.338. The summed E-state index contributed by atoms with van der Waals surface area (Å²) in [5, 5.41) is 16.2. The average molecular weight is 493 g/mol. The Bertz CT molecular complexity index is 1540. The number of carbonyl (C=O) groups excluding carboxylic acids is 1. The predicted molar refractivity (Wildman–Crippen MR) is 143 cm³/mol. The van der Waals surface area contributed by atoms with Crippen molar-refractivity contribution in [1.82, 2.24) is 14.9 Å². The SMILES string of the molecule is CN1CCCC1C=CC(=O)Nc1ccc2ncnc(Nc3ccccc3F)c2c1-c1cccc(C#N)c1. The zero-order valence-electron chi connectivity index (χ0n) is 20.3. The second kappa shape index (κ2) is 10.6.